The summed E-state index contributed by atoms with van der Waals surface area (Å²) in [6.07, 6.45) is 6.19. The van der Waals surface area contributed by atoms with E-state index in [-0.39, 0.29) is 17.1 Å². The molecule has 1 amide bonds. The maximum Gasteiger partial charge on any atom is 0.259 e. The zero-order valence-electron chi connectivity index (χ0n) is 12.6. The highest BCUT2D eigenvalue weighted by molar-refractivity contribution is 5.93. The zero-order chi connectivity index (χ0) is 14.8. The normalized spacial score (nSPS) is 17.9. The average molecular weight is 275 g/mol. The number of carbonyl (C=O) groups excluding carboxylic acids is 2. The number of carbonyl (C=O) groups is 2. The number of aryl methyl sites for hydroxylation is 1. The Morgan fingerprint density at radius 2 is 2.00 bits per heavy atom. The van der Waals surface area contributed by atoms with Crippen molar-refractivity contribution in [3.63, 3.8) is 0 Å². The third kappa shape index (κ3) is 3.44. The molecule has 0 aliphatic carbocycles. The van der Waals surface area contributed by atoms with E-state index in [0.717, 1.165) is 31.5 Å². The van der Waals surface area contributed by atoms with Gasteiger partial charge >= 0.3 is 0 Å². The van der Waals surface area contributed by atoms with Crippen LogP contribution in [-0.4, -0.2) is 29.7 Å². The van der Waals surface area contributed by atoms with Crippen LogP contribution in [-0.2, 0) is 11.8 Å². The first-order chi connectivity index (χ1) is 9.39. The second kappa shape index (κ2) is 5.73. The molecule has 4 heteroatoms. The Morgan fingerprint density at radius 1 is 1.35 bits per heavy atom. The summed E-state index contributed by atoms with van der Waals surface area (Å²) >= 11 is 0. The Morgan fingerprint density at radius 3 is 2.55 bits per heavy atom. The van der Waals surface area contributed by atoms with E-state index in [1.807, 2.05) is 41.0 Å². The molecule has 0 N–H and O–H groups in total. The van der Waals surface area contributed by atoms with Gasteiger partial charge in [-0.25, -0.2) is 4.57 Å². The number of amides is 1. The Labute approximate surface area is 120 Å². The Bertz CT molecular complexity index is 517. The fraction of sp³-hybridized carbons (Fsp3) is 0.562. The van der Waals surface area contributed by atoms with Crippen molar-refractivity contribution in [1.29, 1.82) is 0 Å². The lowest BCUT2D eigenvalue weighted by molar-refractivity contribution is -0.671. The molecule has 0 atom stereocenters. The van der Waals surface area contributed by atoms with Crippen LogP contribution in [0.5, 0.6) is 0 Å². The zero-order valence-corrected chi connectivity index (χ0v) is 12.6. The van der Waals surface area contributed by atoms with Crippen LogP contribution in [0.4, 0.5) is 0 Å². The van der Waals surface area contributed by atoms with Gasteiger partial charge in [-0.3, -0.25) is 4.79 Å². The predicted molar refractivity (Wildman–Crippen MR) is 76.2 cm³/mol. The van der Waals surface area contributed by atoms with Gasteiger partial charge in [0.25, 0.3) is 5.91 Å². The van der Waals surface area contributed by atoms with Crippen LogP contribution in [0.15, 0.2) is 24.5 Å². The Balaban J connectivity index is 2.00. The molecular formula is C16H23N2O2+. The minimum atomic E-state index is 0.0595. The number of likely N-dealkylation sites (tertiary alicyclic amines) is 1. The molecule has 2 rings (SSSR count). The number of hydrogen-bond acceptors (Lipinski definition) is 2. The molecule has 20 heavy (non-hydrogen) atoms. The highest BCUT2D eigenvalue weighted by atomic mass is 16.2. The molecule has 0 bridgehead atoms. The second-order valence-electron chi connectivity index (χ2n) is 6.24. The van der Waals surface area contributed by atoms with E-state index >= 15 is 0 Å². The summed E-state index contributed by atoms with van der Waals surface area (Å²) < 4.78 is 1.89. The molecule has 1 aliphatic rings. The first kappa shape index (κ1) is 14.7. The van der Waals surface area contributed by atoms with Crippen molar-refractivity contribution in [3.8, 4) is 0 Å². The minimum absolute atomic E-state index is 0.0595. The molecule has 1 aromatic heterocycles. The predicted octanol–water partition coefficient (Wildman–Crippen LogP) is 1.73. The van der Waals surface area contributed by atoms with E-state index in [2.05, 4.69) is 6.92 Å². The lowest BCUT2D eigenvalue weighted by Crippen LogP contribution is -2.43. The molecule has 2 heterocycles. The maximum atomic E-state index is 12.4. The first-order valence-electron chi connectivity index (χ1n) is 7.14. The quantitative estimate of drug-likeness (QED) is 0.788. The minimum Gasteiger partial charge on any atom is -0.338 e. The van der Waals surface area contributed by atoms with E-state index in [1.54, 1.807) is 6.92 Å². The fourth-order valence-electron chi connectivity index (χ4n) is 2.92. The van der Waals surface area contributed by atoms with Crippen molar-refractivity contribution >= 4 is 11.7 Å². The first-order valence-corrected chi connectivity index (χ1v) is 7.14. The molecular weight excluding hydrogens is 252 g/mol. The largest absolute Gasteiger partial charge is 0.338 e. The van der Waals surface area contributed by atoms with Crippen LogP contribution in [0, 0.1) is 5.41 Å². The van der Waals surface area contributed by atoms with Crippen molar-refractivity contribution < 1.29 is 14.2 Å². The molecule has 0 unspecified atom stereocenters. The molecule has 0 aromatic carbocycles. The molecule has 0 radical (unpaired) electrons. The van der Waals surface area contributed by atoms with Crippen LogP contribution < -0.4 is 4.57 Å². The van der Waals surface area contributed by atoms with Crippen molar-refractivity contribution in [3.05, 3.63) is 30.1 Å². The highest BCUT2D eigenvalue weighted by Crippen LogP contribution is 2.34. The Kier molecular flexibility index (Phi) is 4.21. The second-order valence-corrected chi connectivity index (χ2v) is 6.24. The molecule has 1 aromatic rings. The number of Topliss-reactive ketones (excluding diaryl/α,β-unsaturated/α-hetero) is 1. The molecule has 1 saturated heterocycles. The van der Waals surface area contributed by atoms with Gasteiger partial charge < -0.3 is 9.69 Å². The summed E-state index contributed by atoms with van der Waals surface area (Å²) in [6.45, 7) is 5.27. The van der Waals surface area contributed by atoms with Crippen molar-refractivity contribution in [2.75, 3.05) is 13.1 Å². The number of ketones is 1. The monoisotopic (exact) mass is 275 g/mol. The maximum absolute atomic E-state index is 12.4. The van der Waals surface area contributed by atoms with E-state index in [9.17, 15) is 9.59 Å². The molecule has 108 valence electrons. The summed E-state index contributed by atoms with van der Waals surface area (Å²) in [5.41, 5.74) is 0.787. The van der Waals surface area contributed by atoms with E-state index in [1.165, 1.54) is 0 Å². The Hall–Kier alpha value is -1.71. The number of rotatable bonds is 3. The number of pyridine rings is 1. The number of aromatic nitrogens is 1. The van der Waals surface area contributed by atoms with E-state index < -0.39 is 0 Å². The van der Waals surface area contributed by atoms with Gasteiger partial charge in [0.2, 0.25) is 0 Å². The van der Waals surface area contributed by atoms with Crippen molar-refractivity contribution in [1.82, 2.24) is 4.90 Å². The molecule has 1 aliphatic heterocycles. The van der Waals surface area contributed by atoms with Crippen molar-refractivity contribution in [2.45, 2.75) is 33.1 Å². The smallest absolute Gasteiger partial charge is 0.259 e. The van der Waals surface area contributed by atoms with Crippen molar-refractivity contribution in [2.24, 2.45) is 12.5 Å². The molecule has 1 fully saturated rings. The lowest BCUT2D eigenvalue weighted by Gasteiger charge is -2.38. The van der Waals surface area contributed by atoms with Gasteiger partial charge in [0.15, 0.2) is 12.4 Å². The lowest BCUT2D eigenvalue weighted by atomic mass is 9.76. The standard InChI is InChI=1S/C16H23N2O2/c1-13(19)11-16(2)6-9-18(10-7-16)15(20)14-5-4-8-17(3)12-14/h4-5,8,12H,6-7,9-11H2,1-3H3/q+1. The van der Waals surface area contributed by atoms with E-state index in [4.69, 9.17) is 0 Å². The van der Waals surface area contributed by atoms with Gasteiger partial charge in [-0.05, 0) is 31.2 Å². The average Bonchev–Trinajstić information content (AvgIpc) is 2.37. The van der Waals surface area contributed by atoms with Gasteiger partial charge in [0, 0.05) is 25.6 Å². The number of hydrogen-bond donors (Lipinski definition) is 0. The van der Waals surface area contributed by atoms with Crippen LogP contribution in [0.3, 0.4) is 0 Å². The van der Waals surface area contributed by atoms with E-state index in [0.29, 0.717) is 6.42 Å². The van der Waals surface area contributed by atoms with Gasteiger partial charge in [-0.1, -0.05) is 6.92 Å². The third-order valence-electron chi connectivity index (χ3n) is 4.12. The molecule has 0 spiro atoms. The summed E-state index contributed by atoms with van der Waals surface area (Å²) in [7, 11) is 1.91. The number of piperidine rings is 1. The molecule has 0 saturated carbocycles. The van der Waals surface area contributed by atoms with Crippen LogP contribution in [0.1, 0.15) is 43.5 Å². The molecule has 4 nitrogen and oxygen atoms in total. The van der Waals surface area contributed by atoms with Gasteiger partial charge in [0.1, 0.15) is 18.4 Å². The van der Waals surface area contributed by atoms with Gasteiger partial charge in [-0.2, -0.15) is 0 Å². The van der Waals surface area contributed by atoms with Crippen LogP contribution in [0.25, 0.3) is 0 Å². The van der Waals surface area contributed by atoms with Gasteiger partial charge in [-0.15, -0.1) is 0 Å². The SMILES string of the molecule is CC(=O)CC1(C)CCN(C(=O)c2ccc[n+](C)c2)CC1. The number of nitrogens with zero attached hydrogens (tertiary/aromatic N) is 2. The van der Waals surface area contributed by atoms with Crippen LogP contribution in [0.2, 0.25) is 0 Å². The fourth-order valence-corrected chi connectivity index (χ4v) is 2.92. The van der Waals surface area contributed by atoms with Crippen LogP contribution >= 0.6 is 0 Å². The topological polar surface area (TPSA) is 41.3 Å². The summed E-state index contributed by atoms with van der Waals surface area (Å²) in [5, 5.41) is 0. The third-order valence-corrected chi connectivity index (χ3v) is 4.12. The summed E-state index contributed by atoms with van der Waals surface area (Å²) in [6, 6.07) is 3.74. The highest BCUT2D eigenvalue weighted by Gasteiger charge is 2.33. The summed E-state index contributed by atoms with van der Waals surface area (Å²) in [5.74, 6) is 0.327. The summed E-state index contributed by atoms with van der Waals surface area (Å²) in [4.78, 5) is 25.6. The van der Waals surface area contributed by atoms with Gasteiger partial charge in [0.05, 0.1) is 0 Å².